The highest BCUT2D eigenvalue weighted by Crippen LogP contribution is 2.16. The Morgan fingerprint density at radius 1 is 1.10 bits per heavy atom. The summed E-state index contributed by atoms with van der Waals surface area (Å²) in [6.45, 7) is 6.58. The lowest BCUT2D eigenvalue weighted by atomic mass is 10.1. The molecule has 0 bridgehead atoms. The molecule has 0 spiro atoms. The molecule has 21 heavy (non-hydrogen) atoms. The molecule has 3 nitrogen and oxygen atoms in total. The Kier molecular flexibility index (Phi) is 6.35. The van der Waals surface area contributed by atoms with E-state index < -0.39 is 0 Å². The third-order valence-electron chi connectivity index (χ3n) is 3.41. The highest BCUT2D eigenvalue weighted by molar-refractivity contribution is 5.27. The summed E-state index contributed by atoms with van der Waals surface area (Å²) in [7, 11) is 0. The molecule has 0 amide bonds. The molecule has 0 aliphatic heterocycles. The zero-order valence-corrected chi connectivity index (χ0v) is 13.0. The van der Waals surface area contributed by atoms with Crippen LogP contribution in [0.1, 0.15) is 43.6 Å². The van der Waals surface area contributed by atoms with Crippen molar-refractivity contribution in [3.05, 3.63) is 53.5 Å². The van der Waals surface area contributed by atoms with Crippen molar-refractivity contribution >= 4 is 0 Å². The number of hydrogen-bond donors (Lipinski definition) is 1. The predicted octanol–water partition coefficient (Wildman–Crippen LogP) is 4.31. The molecule has 1 aromatic heterocycles. The summed E-state index contributed by atoms with van der Waals surface area (Å²) in [6.07, 6.45) is 5.39. The Morgan fingerprint density at radius 3 is 2.62 bits per heavy atom. The van der Waals surface area contributed by atoms with Crippen molar-refractivity contribution in [3.63, 3.8) is 0 Å². The summed E-state index contributed by atoms with van der Waals surface area (Å²) in [6, 6.07) is 10.4. The maximum atomic E-state index is 5.76. The van der Waals surface area contributed by atoms with Crippen LogP contribution in [0.3, 0.4) is 0 Å². The Hall–Kier alpha value is -1.74. The second-order valence-electron chi connectivity index (χ2n) is 5.24. The number of hydrogen-bond acceptors (Lipinski definition) is 3. The predicted molar refractivity (Wildman–Crippen MR) is 85.5 cm³/mol. The van der Waals surface area contributed by atoms with E-state index in [9.17, 15) is 0 Å². The number of nitrogens with one attached hydrogen (secondary N) is 1. The SMILES string of the molecule is CCCCc1ccc(OCc2cc(CNCC)co2)cc1. The molecule has 0 fully saturated rings. The van der Waals surface area contributed by atoms with E-state index in [-0.39, 0.29) is 0 Å². The van der Waals surface area contributed by atoms with Crippen molar-refractivity contribution in [2.45, 2.75) is 46.3 Å². The molecule has 0 unspecified atom stereocenters. The lowest BCUT2D eigenvalue weighted by Crippen LogP contribution is -2.10. The summed E-state index contributed by atoms with van der Waals surface area (Å²) in [5.41, 5.74) is 2.53. The fourth-order valence-electron chi connectivity index (χ4n) is 2.15. The average Bonchev–Trinajstić information content (AvgIpc) is 2.98. The lowest BCUT2D eigenvalue weighted by molar-refractivity contribution is 0.270. The van der Waals surface area contributed by atoms with Gasteiger partial charge in [0.15, 0.2) is 0 Å². The fourth-order valence-corrected chi connectivity index (χ4v) is 2.15. The van der Waals surface area contributed by atoms with Gasteiger partial charge in [-0.05, 0) is 43.1 Å². The van der Waals surface area contributed by atoms with Crippen LogP contribution in [0.25, 0.3) is 0 Å². The zero-order valence-electron chi connectivity index (χ0n) is 13.0. The van der Waals surface area contributed by atoms with E-state index in [1.165, 1.54) is 18.4 Å². The summed E-state index contributed by atoms with van der Waals surface area (Å²) in [5.74, 6) is 1.75. The summed E-state index contributed by atoms with van der Waals surface area (Å²) in [4.78, 5) is 0. The van der Waals surface area contributed by atoms with E-state index in [0.717, 1.165) is 36.6 Å². The molecule has 0 saturated carbocycles. The second-order valence-corrected chi connectivity index (χ2v) is 5.24. The van der Waals surface area contributed by atoms with Gasteiger partial charge in [-0.3, -0.25) is 0 Å². The van der Waals surface area contributed by atoms with Crippen molar-refractivity contribution in [2.75, 3.05) is 6.54 Å². The van der Waals surface area contributed by atoms with Gasteiger partial charge in [-0.15, -0.1) is 0 Å². The van der Waals surface area contributed by atoms with Crippen molar-refractivity contribution in [1.82, 2.24) is 5.32 Å². The topological polar surface area (TPSA) is 34.4 Å². The smallest absolute Gasteiger partial charge is 0.146 e. The molecule has 114 valence electrons. The number of aryl methyl sites for hydroxylation is 1. The van der Waals surface area contributed by atoms with Gasteiger partial charge in [-0.1, -0.05) is 32.4 Å². The van der Waals surface area contributed by atoms with Gasteiger partial charge in [0, 0.05) is 12.1 Å². The van der Waals surface area contributed by atoms with Gasteiger partial charge < -0.3 is 14.5 Å². The van der Waals surface area contributed by atoms with E-state index in [2.05, 4.69) is 31.3 Å². The van der Waals surface area contributed by atoms with Crippen molar-refractivity contribution in [3.8, 4) is 5.75 Å². The largest absolute Gasteiger partial charge is 0.486 e. The van der Waals surface area contributed by atoms with E-state index in [0.29, 0.717) is 6.61 Å². The Morgan fingerprint density at radius 2 is 1.90 bits per heavy atom. The van der Waals surface area contributed by atoms with E-state index >= 15 is 0 Å². The Bertz CT molecular complexity index is 516. The number of ether oxygens (including phenoxy) is 1. The molecule has 0 aliphatic rings. The first-order chi connectivity index (χ1) is 10.3. The first kappa shape index (κ1) is 15.6. The minimum Gasteiger partial charge on any atom is -0.486 e. The summed E-state index contributed by atoms with van der Waals surface area (Å²) < 4.78 is 11.3. The number of furan rings is 1. The van der Waals surface area contributed by atoms with Crippen LogP contribution in [0.5, 0.6) is 5.75 Å². The third kappa shape index (κ3) is 5.27. The van der Waals surface area contributed by atoms with Crippen molar-refractivity contribution in [2.24, 2.45) is 0 Å². The molecule has 2 rings (SSSR count). The molecule has 0 atom stereocenters. The molecule has 2 aromatic rings. The fraction of sp³-hybridized carbons (Fsp3) is 0.444. The Balaban J connectivity index is 1.80. The Labute approximate surface area is 127 Å². The zero-order chi connectivity index (χ0) is 14.9. The molecule has 1 N–H and O–H groups in total. The van der Waals surface area contributed by atoms with E-state index in [1.54, 1.807) is 6.26 Å². The van der Waals surface area contributed by atoms with Gasteiger partial charge in [-0.25, -0.2) is 0 Å². The maximum absolute atomic E-state index is 5.76. The van der Waals surface area contributed by atoms with Crippen LogP contribution >= 0.6 is 0 Å². The van der Waals surface area contributed by atoms with Crippen molar-refractivity contribution in [1.29, 1.82) is 0 Å². The highest BCUT2D eigenvalue weighted by Gasteiger charge is 2.03. The summed E-state index contributed by atoms with van der Waals surface area (Å²) >= 11 is 0. The van der Waals surface area contributed by atoms with Crippen LogP contribution < -0.4 is 10.1 Å². The van der Waals surface area contributed by atoms with Gasteiger partial charge in [0.1, 0.15) is 18.1 Å². The normalized spacial score (nSPS) is 10.8. The molecular weight excluding hydrogens is 262 g/mol. The molecular formula is C18H25NO2. The molecule has 1 heterocycles. The molecule has 1 aromatic carbocycles. The maximum Gasteiger partial charge on any atom is 0.146 e. The average molecular weight is 287 g/mol. The third-order valence-corrected chi connectivity index (χ3v) is 3.41. The molecule has 0 radical (unpaired) electrons. The highest BCUT2D eigenvalue weighted by atomic mass is 16.5. The van der Waals surface area contributed by atoms with Crippen LogP contribution in [-0.2, 0) is 19.6 Å². The molecule has 3 heteroatoms. The van der Waals surface area contributed by atoms with Crippen LogP contribution in [0, 0.1) is 0 Å². The molecule has 0 aliphatic carbocycles. The quantitative estimate of drug-likeness (QED) is 0.746. The lowest BCUT2D eigenvalue weighted by Gasteiger charge is -2.05. The first-order valence-electron chi connectivity index (χ1n) is 7.80. The van der Waals surface area contributed by atoms with Gasteiger partial charge in [0.05, 0.1) is 6.26 Å². The van der Waals surface area contributed by atoms with Gasteiger partial charge in [-0.2, -0.15) is 0 Å². The van der Waals surface area contributed by atoms with E-state index in [1.807, 2.05) is 18.2 Å². The number of unbranched alkanes of at least 4 members (excludes halogenated alkanes) is 1. The number of rotatable bonds is 9. The van der Waals surface area contributed by atoms with Gasteiger partial charge >= 0.3 is 0 Å². The second kappa shape index (κ2) is 8.53. The minimum atomic E-state index is 0.473. The molecule has 0 saturated heterocycles. The monoisotopic (exact) mass is 287 g/mol. The van der Waals surface area contributed by atoms with Crippen LogP contribution in [-0.4, -0.2) is 6.54 Å². The van der Waals surface area contributed by atoms with Crippen LogP contribution in [0.15, 0.2) is 41.0 Å². The van der Waals surface area contributed by atoms with Crippen molar-refractivity contribution < 1.29 is 9.15 Å². The number of benzene rings is 1. The van der Waals surface area contributed by atoms with Gasteiger partial charge in [0.2, 0.25) is 0 Å². The minimum absolute atomic E-state index is 0.473. The summed E-state index contributed by atoms with van der Waals surface area (Å²) in [5, 5.41) is 3.27. The first-order valence-corrected chi connectivity index (χ1v) is 7.80. The van der Waals surface area contributed by atoms with Gasteiger partial charge in [0.25, 0.3) is 0 Å². The standard InChI is InChI=1S/C18H25NO2/c1-3-5-6-15-7-9-17(10-8-15)21-14-18-11-16(13-20-18)12-19-4-2/h7-11,13,19H,3-6,12,14H2,1-2H3. The van der Waals surface area contributed by atoms with Crippen LogP contribution in [0.2, 0.25) is 0 Å². The van der Waals surface area contributed by atoms with E-state index in [4.69, 9.17) is 9.15 Å². The van der Waals surface area contributed by atoms with Crippen LogP contribution in [0.4, 0.5) is 0 Å².